The van der Waals surface area contributed by atoms with Crippen LogP contribution in [0.4, 0.5) is 0 Å². The first-order valence-corrected chi connectivity index (χ1v) is 10.6. The fourth-order valence-electron chi connectivity index (χ4n) is 3.65. The van der Waals surface area contributed by atoms with Gasteiger partial charge in [-0.2, -0.15) is 0 Å². The van der Waals surface area contributed by atoms with Gasteiger partial charge in [-0.15, -0.1) is 0 Å². The van der Waals surface area contributed by atoms with Crippen molar-refractivity contribution < 1.29 is 19.3 Å². The normalized spacial score (nSPS) is 11.4. The molecule has 0 saturated carbocycles. The molecule has 0 bridgehead atoms. The largest absolute Gasteiger partial charge is 0.491 e. The van der Waals surface area contributed by atoms with E-state index < -0.39 is 0 Å². The van der Waals surface area contributed by atoms with Gasteiger partial charge >= 0.3 is 0 Å². The zero-order valence-corrected chi connectivity index (χ0v) is 19.0. The molecular formula is C25H31NO5. The molecule has 166 valence electrons. The molecule has 31 heavy (non-hydrogen) atoms. The molecule has 0 fully saturated rings. The maximum Gasteiger partial charge on any atom is 0.193 e. The van der Waals surface area contributed by atoms with Crippen LogP contribution in [0.15, 0.2) is 35.1 Å². The summed E-state index contributed by atoms with van der Waals surface area (Å²) in [7, 11) is 0. The van der Waals surface area contributed by atoms with E-state index in [9.17, 15) is 4.79 Å². The maximum atomic E-state index is 13.1. The summed E-state index contributed by atoms with van der Waals surface area (Å²) in [5.41, 5.74) is 4.00. The number of aliphatic hydroxyl groups is 1. The number of ether oxygens (including phenoxy) is 3. The summed E-state index contributed by atoms with van der Waals surface area (Å²) >= 11 is 0. The molecule has 6 nitrogen and oxygen atoms in total. The third-order valence-corrected chi connectivity index (χ3v) is 4.71. The van der Waals surface area contributed by atoms with Crippen LogP contribution in [0.3, 0.4) is 0 Å². The smallest absolute Gasteiger partial charge is 0.193 e. The first-order chi connectivity index (χ1) is 14.7. The van der Waals surface area contributed by atoms with Gasteiger partial charge in [-0.1, -0.05) is 0 Å². The van der Waals surface area contributed by atoms with Crippen LogP contribution in [0.25, 0.3) is 22.2 Å². The highest BCUT2D eigenvalue weighted by molar-refractivity contribution is 5.88. The fraction of sp³-hybridized carbons (Fsp3) is 0.400. The van der Waals surface area contributed by atoms with Crippen LogP contribution in [0.2, 0.25) is 0 Å². The lowest BCUT2D eigenvalue weighted by molar-refractivity contribution is 0.200. The van der Waals surface area contributed by atoms with E-state index in [0.717, 1.165) is 22.4 Å². The molecule has 1 aromatic heterocycles. The van der Waals surface area contributed by atoms with Gasteiger partial charge < -0.3 is 24.3 Å². The third kappa shape index (κ3) is 5.20. The molecule has 2 N–H and O–H groups in total. The Kier molecular flexibility index (Phi) is 6.91. The summed E-state index contributed by atoms with van der Waals surface area (Å²) in [6, 6.07) is 9.15. The Bertz CT molecular complexity index is 1110. The standard InChI is InChI=1S/C25H31NO5/c1-14(2)30-19-11-21-24(23(12-19)31-15(3)4)22(28)13-20(26-21)18-9-16(5)25(17(6)10-18)29-8-7-27/h9-15,27H,7-8H2,1-6H3,(H,26,28). The molecule has 1 heterocycles. The van der Waals surface area contributed by atoms with Crippen LogP contribution in [0.5, 0.6) is 17.2 Å². The molecule has 6 heteroatoms. The number of pyridine rings is 1. The summed E-state index contributed by atoms with van der Waals surface area (Å²) in [5.74, 6) is 1.91. The summed E-state index contributed by atoms with van der Waals surface area (Å²) in [4.78, 5) is 16.5. The van der Waals surface area contributed by atoms with Gasteiger partial charge in [0.05, 0.1) is 29.7 Å². The summed E-state index contributed by atoms with van der Waals surface area (Å²) < 4.78 is 17.5. The van der Waals surface area contributed by atoms with Crippen molar-refractivity contribution in [3.05, 3.63) is 51.7 Å². The van der Waals surface area contributed by atoms with Crippen LogP contribution in [0.1, 0.15) is 38.8 Å². The van der Waals surface area contributed by atoms with Crippen molar-refractivity contribution in [2.45, 2.75) is 53.8 Å². The number of aromatic amines is 1. The monoisotopic (exact) mass is 425 g/mol. The van der Waals surface area contributed by atoms with Crippen LogP contribution >= 0.6 is 0 Å². The van der Waals surface area contributed by atoms with Gasteiger partial charge in [0.1, 0.15) is 23.9 Å². The van der Waals surface area contributed by atoms with Gasteiger partial charge in [-0.25, -0.2) is 0 Å². The minimum absolute atomic E-state index is 0.00369. The van der Waals surface area contributed by atoms with Crippen LogP contribution < -0.4 is 19.6 Å². The van der Waals surface area contributed by atoms with E-state index in [-0.39, 0.29) is 30.9 Å². The second kappa shape index (κ2) is 9.43. The van der Waals surface area contributed by atoms with Crippen molar-refractivity contribution in [2.24, 2.45) is 0 Å². The van der Waals surface area contributed by atoms with E-state index in [4.69, 9.17) is 19.3 Å². The molecule has 0 aliphatic rings. The van der Waals surface area contributed by atoms with E-state index in [0.29, 0.717) is 28.1 Å². The maximum absolute atomic E-state index is 13.1. The molecule has 0 unspecified atom stereocenters. The van der Waals surface area contributed by atoms with Crippen molar-refractivity contribution in [3.8, 4) is 28.5 Å². The molecule has 0 spiro atoms. The number of hydrogen-bond donors (Lipinski definition) is 2. The first kappa shape index (κ1) is 22.7. The van der Waals surface area contributed by atoms with Crippen molar-refractivity contribution in [1.29, 1.82) is 0 Å². The Labute approximate surface area is 182 Å². The number of H-pyrrole nitrogens is 1. The lowest BCUT2D eigenvalue weighted by Crippen LogP contribution is -2.12. The van der Waals surface area contributed by atoms with E-state index in [1.807, 2.05) is 59.7 Å². The quantitative estimate of drug-likeness (QED) is 0.544. The molecule has 0 atom stereocenters. The molecular weight excluding hydrogens is 394 g/mol. The predicted molar refractivity (Wildman–Crippen MR) is 124 cm³/mol. The highest BCUT2D eigenvalue weighted by Crippen LogP contribution is 2.33. The van der Waals surface area contributed by atoms with E-state index in [1.54, 1.807) is 12.1 Å². The SMILES string of the molecule is Cc1cc(-c2cc(=O)c3c(OC(C)C)cc(OC(C)C)cc3[nH]2)cc(C)c1OCCO. The second-order valence-corrected chi connectivity index (χ2v) is 8.24. The van der Waals surface area contributed by atoms with Crippen molar-refractivity contribution >= 4 is 10.9 Å². The average molecular weight is 426 g/mol. The number of hydrogen-bond acceptors (Lipinski definition) is 5. The summed E-state index contributed by atoms with van der Waals surface area (Å²) in [6.45, 7) is 11.9. The van der Waals surface area contributed by atoms with Crippen molar-refractivity contribution in [1.82, 2.24) is 4.98 Å². The van der Waals surface area contributed by atoms with E-state index in [2.05, 4.69) is 4.98 Å². The van der Waals surface area contributed by atoms with Crippen molar-refractivity contribution in [2.75, 3.05) is 13.2 Å². The summed E-state index contributed by atoms with van der Waals surface area (Å²) in [6.07, 6.45) is -0.0793. The van der Waals surface area contributed by atoms with Gasteiger partial charge in [0, 0.05) is 23.9 Å². The highest BCUT2D eigenvalue weighted by atomic mass is 16.5. The number of aromatic nitrogens is 1. The average Bonchev–Trinajstić information content (AvgIpc) is 2.65. The number of aliphatic hydroxyl groups excluding tert-OH is 1. The zero-order chi connectivity index (χ0) is 22.7. The van der Waals surface area contributed by atoms with Gasteiger partial charge in [0.25, 0.3) is 0 Å². The lowest BCUT2D eigenvalue weighted by atomic mass is 10.0. The molecule has 2 aromatic carbocycles. The van der Waals surface area contributed by atoms with Gasteiger partial charge in [-0.05, 0) is 70.4 Å². The zero-order valence-electron chi connectivity index (χ0n) is 19.0. The summed E-state index contributed by atoms with van der Waals surface area (Å²) in [5, 5.41) is 9.55. The van der Waals surface area contributed by atoms with Crippen LogP contribution in [-0.2, 0) is 0 Å². The molecule has 0 saturated heterocycles. The van der Waals surface area contributed by atoms with E-state index in [1.165, 1.54) is 0 Å². The Morgan fingerprint density at radius 2 is 1.58 bits per heavy atom. The molecule has 0 aliphatic heterocycles. The number of benzene rings is 2. The number of nitrogens with one attached hydrogen (secondary N) is 1. The van der Waals surface area contributed by atoms with Gasteiger partial charge in [0.2, 0.25) is 0 Å². The Balaban J connectivity index is 2.16. The highest BCUT2D eigenvalue weighted by Gasteiger charge is 2.15. The third-order valence-electron chi connectivity index (χ3n) is 4.71. The molecule has 0 amide bonds. The molecule has 0 aliphatic carbocycles. The van der Waals surface area contributed by atoms with Gasteiger partial charge in [0.15, 0.2) is 5.43 Å². The lowest BCUT2D eigenvalue weighted by Gasteiger charge is -2.17. The molecule has 3 aromatic rings. The van der Waals surface area contributed by atoms with Crippen molar-refractivity contribution in [3.63, 3.8) is 0 Å². The fourth-order valence-corrected chi connectivity index (χ4v) is 3.65. The first-order valence-electron chi connectivity index (χ1n) is 10.6. The van der Waals surface area contributed by atoms with Crippen LogP contribution in [0, 0.1) is 13.8 Å². The predicted octanol–water partition coefficient (Wildman–Crippen LogP) is 4.76. The number of fused-ring (bicyclic) bond motifs is 1. The Hall–Kier alpha value is -2.99. The van der Waals surface area contributed by atoms with Crippen LogP contribution in [-0.4, -0.2) is 35.5 Å². The molecule has 0 radical (unpaired) electrons. The molecule has 3 rings (SSSR count). The Morgan fingerprint density at radius 3 is 2.16 bits per heavy atom. The Morgan fingerprint density at radius 1 is 0.935 bits per heavy atom. The minimum atomic E-state index is -0.119. The van der Waals surface area contributed by atoms with Gasteiger partial charge in [-0.3, -0.25) is 4.79 Å². The topological polar surface area (TPSA) is 80.8 Å². The second-order valence-electron chi connectivity index (χ2n) is 8.24. The minimum Gasteiger partial charge on any atom is -0.491 e. The number of rotatable bonds is 8. The number of aryl methyl sites for hydroxylation is 2. The van der Waals surface area contributed by atoms with E-state index >= 15 is 0 Å².